The first-order valence-corrected chi connectivity index (χ1v) is 5.24. The van der Waals surface area contributed by atoms with Gasteiger partial charge in [0.25, 0.3) is 0 Å². The molecule has 1 aliphatic carbocycles. The molecule has 0 radical (unpaired) electrons. The molecular weight excluding hydrogens is 186 g/mol. The van der Waals surface area contributed by atoms with Gasteiger partial charge in [-0.15, -0.1) is 0 Å². The zero-order valence-corrected chi connectivity index (χ0v) is 8.81. The predicted molar refractivity (Wildman–Crippen MR) is 61.5 cm³/mol. The van der Waals surface area contributed by atoms with E-state index in [9.17, 15) is 4.79 Å². The van der Waals surface area contributed by atoms with Gasteiger partial charge in [0.2, 0.25) is 0 Å². The van der Waals surface area contributed by atoms with Crippen LogP contribution < -0.4 is 5.73 Å². The maximum Gasteiger partial charge on any atom is 0.163 e. The highest BCUT2D eigenvalue weighted by molar-refractivity contribution is 5.96. The van der Waals surface area contributed by atoms with Crippen molar-refractivity contribution in [1.82, 2.24) is 0 Å². The Kier molecular flexibility index (Phi) is 2.58. The number of carbonyl (C=O) groups is 1. The average molecular weight is 201 g/mol. The molecule has 0 unspecified atom stereocenters. The van der Waals surface area contributed by atoms with Gasteiger partial charge in [-0.2, -0.15) is 0 Å². The molecule has 2 rings (SSSR count). The Morgan fingerprint density at radius 1 is 1.27 bits per heavy atom. The number of nitrogens with two attached hydrogens (primary N) is 1. The molecule has 0 aliphatic heterocycles. The van der Waals surface area contributed by atoms with E-state index < -0.39 is 0 Å². The van der Waals surface area contributed by atoms with Crippen LogP contribution in [0.4, 0.5) is 5.69 Å². The van der Waals surface area contributed by atoms with Gasteiger partial charge in [0.1, 0.15) is 0 Å². The number of hydrogen-bond acceptors (Lipinski definition) is 2. The van der Waals surface area contributed by atoms with Gasteiger partial charge in [-0.1, -0.05) is 25.1 Å². The lowest BCUT2D eigenvalue weighted by molar-refractivity contribution is -0.117. The molecule has 2 heteroatoms. The summed E-state index contributed by atoms with van der Waals surface area (Å²) in [6.45, 7) is 2.11. The number of allylic oxidation sites excluding steroid dienone is 2. The van der Waals surface area contributed by atoms with Crippen LogP contribution in [0.15, 0.2) is 36.4 Å². The third kappa shape index (κ3) is 1.94. The van der Waals surface area contributed by atoms with Crippen molar-refractivity contribution < 1.29 is 4.79 Å². The van der Waals surface area contributed by atoms with E-state index in [-0.39, 0.29) is 11.7 Å². The highest BCUT2D eigenvalue weighted by Gasteiger charge is 2.26. The molecule has 0 saturated carbocycles. The molecule has 0 fully saturated rings. The smallest absolute Gasteiger partial charge is 0.163 e. The minimum absolute atomic E-state index is 0.00981. The van der Waals surface area contributed by atoms with Crippen molar-refractivity contribution in [2.75, 3.05) is 5.73 Å². The molecule has 0 amide bonds. The first kappa shape index (κ1) is 9.97. The summed E-state index contributed by atoms with van der Waals surface area (Å²) in [6.07, 6.45) is 4.63. The molecule has 1 aromatic carbocycles. The molecule has 15 heavy (non-hydrogen) atoms. The molecule has 0 saturated heterocycles. The summed E-state index contributed by atoms with van der Waals surface area (Å²) in [4.78, 5) is 11.8. The minimum Gasteiger partial charge on any atom is -0.399 e. The van der Waals surface area contributed by atoms with Crippen molar-refractivity contribution in [2.24, 2.45) is 5.92 Å². The quantitative estimate of drug-likeness (QED) is 0.709. The fraction of sp³-hybridized carbons (Fsp3) is 0.308. The van der Waals surface area contributed by atoms with Crippen LogP contribution in [0.3, 0.4) is 0 Å². The summed E-state index contributed by atoms with van der Waals surface area (Å²) in [7, 11) is 0. The van der Waals surface area contributed by atoms with Crippen molar-refractivity contribution >= 4 is 11.5 Å². The highest BCUT2D eigenvalue weighted by atomic mass is 16.1. The number of carbonyl (C=O) groups excluding carboxylic acids is 1. The van der Waals surface area contributed by atoms with E-state index in [0.717, 1.165) is 17.7 Å². The van der Waals surface area contributed by atoms with E-state index in [2.05, 4.69) is 6.92 Å². The third-order valence-electron chi connectivity index (χ3n) is 2.96. The van der Waals surface area contributed by atoms with Crippen molar-refractivity contribution in [3.8, 4) is 0 Å². The lowest BCUT2D eigenvalue weighted by Crippen LogP contribution is -2.21. The lowest BCUT2D eigenvalue weighted by Gasteiger charge is -2.24. The number of anilines is 1. The van der Waals surface area contributed by atoms with Crippen LogP contribution in [0.2, 0.25) is 0 Å². The predicted octanol–water partition coefficient (Wildman–Crippen LogP) is 2.52. The molecule has 0 heterocycles. The van der Waals surface area contributed by atoms with Crippen molar-refractivity contribution in [2.45, 2.75) is 19.3 Å². The van der Waals surface area contributed by atoms with Gasteiger partial charge in [-0.25, -0.2) is 0 Å². The van der Waals surface area contributed by atoms with Crippen LogP contribution in [0, 0.1) is 5.92 Å². The van der Waals surface area contributed by atoms with Crippen LogP contribution in [0.25, 0.3) is 0 Å². The summed E-state index contributed by atoms with van der Waals surface area (Å²) in [6, 6.07) is 7.61. The monoisotopic (exact) mass is 201 g/mol. The molecule has 0 spiro atoms. The Morgan fingerprint density at radius 3 is 2.53 bits per heavy atom. The highest BCUT2D eigenvalue weighted by Crippen LogP contribution is 2.32. The van der Waals surface area contributed by atoms with Crippen molar-refractivity contribution in [3.63, 3.8) is 0 Å². The number of ketones is 1. The Morgan fingerprint density at radius 2 is 1.93 bits per heavy atom. The zero-order valence-electron chi connectivity index (χ0n) is 8.81. The van der Waals surface area contributed by atoms with E-state index in [0.29, 0.717) is 5.92 Å². The zero-order chi connectivity index (χ0) is 10.8. The maximum absolute atomic E-state index is 11.8. The second kappa shape index (κ2) is 3.89. The largest absolute Gasteiger partial charge is 0.399 e. The average Bonchev–Trinajstić information content (AvgIpc) is 2.20. The molecule has 0 bridgehead atoms. The van der Waals surface area contributed by atoms with Crippen LogP contribution in [-0.2, 0) is 4.79 Å². The molecule has 2 nitrogen and oxygen atoms in total. The van der Waals surface area contributed by atoms with Gasteiger partial charge in [0.05, 0.1) is 0 Å². The lowest BCUT2D eigenvalue weighted by atomic mass is 9.79. The van der Waals surface area contributed by atoms with Gasteiger partial charge < -0.3 is 5.73 Å². The van der Waals surface area contributed by atoms with Crippen LogP contribution >= 0.6 is 0 Å². The summed E-state index contributed by atoms with van der Waals surface area (Å²) in [5, 5.41) is 0. The number of rotatable bonds is 1. The normalized spacial score (nSPS) is 25.5. The second-order valence-electron chi connectivity index (χ2n) is 4.16. The molecule has 2 atom stereocenters. The maximum atomic E-state index is 11.8. The summed E-state index contributed by atoms with van der Waals surface area (Å²) in [5.74, 6) is 0.597. The first-order valence-electron chi connectivity index (χ1n) is 5.24. The minimum atomic E-state index is 0.00981. The number of hydrogen-bond donors (Lipinski definition) is 1. The Bertz CT molecular complexity index is 392. The van der Waals surface area contributed by atoms with E-state index in [4.69, 9.17) is 5.73 Å². The number of nitrogen functional groups attached to an aromatic ring is 1. The van der Waals surface area contributed by atoms with Gasteiger partial charge in [0, 0.05) is 11.6 Å². The van der Waals surface area contributed by atoms with Gasteiger partial charge in [-0.3, -0.25) is 4.79 Å². The SMILES string of the molecule is C[C@@H]1CC=CC(=O)[C@H]1c1ccc(N)cc1. The fourth-order valence-electron chi connectivity index (χ4n) is 2.12. The fourth-order valence-corrected chi connectivity index (χ4v) is 2.12. The molecule has 1 aromatic rings. The number of benzene rings is 1. The van der Waals surface area contributed by atoms with Gasteiger partial charge in [-0.05, 0) is 36.1 Å². The molecule has 1 aliphatic rings. The van der Waals surface area contributed by atoms with Crippen LogP contribution in [-0.4, -0.2) is 5.78 Å². The summed E-state index contributed by atoms with van der Waals surface area (Å²) >= 11 is 0. The first-order chi connectivity index (χ1) is 7.18. The summed E-state index contributed by atoms with van der Waals surface area (Å²) in [5.41, 5.74) is 7.44. The van der Waals surface area contributed by atoms with Gasteiger partial charge >= 0.3 is 0 Å². The van der Waals surface area contributed by atoms with Crippen molar-refractivity contribution in [3.05, 3.63) is 42.0 Å². The Hall–Kier alpha value is -1.57. The van der Waals surface area contributed by atoms with E-state index in [1.165, 1.54) is 0 Å². The molecular formula is C13H15NO. The second-order valence-corrected chi connectivity index (χ2v) is 4.16. The van der Waals surface area contributed by atoms with Gasteiger partial charge in [0.15, 0.2) is 5.78 Å². The third-order valence-corrected chi connectivity index (χ3v) is 2.96. The Balaban J connectivity index is 2.33. The van der Waals surface area contributed by atoms with Crippen LogP contribution in [0.1, 0.15) is 24.8 Å². The van der Waals surface area contributed by atoms with Crippen molar-refractivity contribution in [1.29, 1.82) is 0 Å². The molecule has 0 aromatic heterocycles. The van der Waals surface area contributed by atoms with Crippen LogP contribution in [0.5, 0.6) is 0 Å². The topological polar surface area (TPSA) is 43.1 Å². The molecule has 2 N–H and O–H groups in total. The van der Waals surface area contributed by atoms with E-state index in [1.54, 1.807) is 6.08 Å². The summed E-state index contributed by atoms with van der Waals surface area (Å²) < 4.78 is 0. The molecule has 78 valence electrons. The van der Waals surface area contributed by atoms with E-state index >= 15 is 0 Å². The Labute approximate surface area is 89.8 Å². The standard InChI is InChI=1S/C13H15NO/c1-9-3-2-4-12(15)13(9)10-5-7-11(14)8-6-10/h2,4-9,13H,3,14H2,1H3/t9-,13-/m1/s1. The van der Waals surface area contributed by atoms with E-state index in [1.807, 2.05) is 30.3 Å².